The van der Waals surface area contributed by atoms with Crippen LogP contribution in [0.3, 0.4) is 0 Å². The molecule has 4 saturated heterocycles. The monoisotopic (exact) mass is 638 g/mol. The zero-order valence-electron chi connectivity index (χ0n) is 23.7. The molecule has 0 aromatic rings. The van der Waals surface area contributed by atoms with E-state index in [1.54, 1.807) is 39.5 Å². The van der Waals surface area contributed by atoms with Crippen LogP contribution in [0.5, 0.6) is 0 Å². The van der Waals surface area contributed by atoms with E-state index in [1.165, 1.54) is 0 Å². The highest BCUT2D eigenvalue weighted by molar-refractivity contribution is 8.01. The molecule has 0 aliphatic carbocycles. The van der Waals surface area contributed by atoms with Gasteiger partial charge in [0.05, 0.1) is 33.2 Å². The van der Waals surface area contributed by atoms with E-state index in [9.17, 15) is 26.4 Å². The van der Waals surface area contributed by atoms with Gasteiger partial charge in [0.15, 0.2) is 19.7 Å². The molecule has 0 amide bonds. The fourth-order valence-electron chi connectivity index (χ4n) is 4.14. The first kappa shape index (κ1) is 40.9. The summed E-state index contributed by atoms with van der Waals surface area (Å²) in [5.74, 6) is 1.56. The van der Waals surface area contributed by atoms with Crippen LogP contribution in [-0.4, -0.2) is 103 Å². The lowest BCUT2D eigenvalue weighted by atomic mass is 10.1. The Morgan fingerprint density at radius 3 is 1.31 bits per heavy atom. The van der Waals surface area contributed by atoms with Crippen molar-refractivity contribution in [2.24, 2.45) is 0 Å². The molecular weight excluding hydrogens is 589 g/mol. The minimum atomic E-state index is -3.12. The van der Waals surface area contributed by atoms with Gasteiger partial charge in [0.2, 0.25) is 0 Å². The van der Waals surface area contributed by atoms with Crippen molar-refractivity contribution >= 4 is 54.8 Å². The minimum Gasteiger partial charge on any atom is -0.392 e. The lowest BCUT2D eigenvalue weighted by molar-refractivity contribution is -0.176. The predicted octanol–water partition coefficient (Wildman–Crippen LogP) is 3.48. The Morgan fingerprint density at radius 1 is 0.692 bits per heavy atom. The number of thioether (sulfide) groups is 2. The Kier molecular flexibility index (Phi) is 16.1. The van der Waals surface area contributed by atoms with Gasteiger partial charge < -0.3 is 10.2 Å². The molecule has 0 aromatic heterocycles. The smallest absolute Gasteiger partial charge is 0.162 e. The van der Waals surface area contributed by atoms with E-state index < -0.39 is 35.3 Å². The number of Topliss-reactive ketones (excluding diaryl/α,β-unsaturated/α-hetero) is 2. The fraction of sp³-hybridized carbons (Fsp3) is 0.920. The standard InChI is InChI=1S/C6H12O3S.C6H10O3S.C6H12OS.C6H10OS.CH4.H2O2/c2*1-6(2)3-5(7)4-10(6,8)9;2*1-6(2)3-5(7)4-8-6;;1-2/h5,7H,3-4H2,1-2H3;3-4H2,1-2H3;5,7H,3-4H2,1-2H3;3-4H2,1-2H3;1H4;1-2H. The Labute approximate surface area is 243 Å². The van der Waals surface area contributed by atoms with Gasteiger partial charge in [0.25, 0.3) is 0 Å². The molecule has 4 aliphatic rings. The van der Waals surface area contributed by atoms with Crippen molar-refractivity contribution in [2.45, 2.75) is 120 Å². The summed E-state index contributed by atoms with van der Waals surface area (Å²) >= 11 is 3.62. The third-order valence-electron chi connectivity index (χ3n) is 6.44. The molecule has 0 radical (unpaired) electrons. The highest BCUT2D eigenvalue weighted by atomic mass is 32.2. The lowest BCUT2D eigenvalue weighted by Gasteiger charge is -2.14. The van der Waals surface area contributed by atoms with Crippen LogP contribution < -0.4 is 0 Å². The van der Waals surface area contributed by atoms with Crippen molar-refractivity contribution in [3.05, 3.63) is 0 Å². The summed E-state index contributed by atoms with van der Waals surface area (Å²) in [5.41, 5.74) is 0. The van der Waals surface area contributed by atoms with E-state index in [-0.39, 0.29) is 42.0 Å². The van der Waals surface area contributed by atoms with Crippen LogP contribution in [0.2, 0.25) is 0 Å². The van der Waals surface area contributed by atoms with Gasteiger partial charge in [-0.15, -0.1) is 11.8 Å². The molecule has 4 aliphatic heterocycles. The van der Waals surface area contributed by atoms with Gasteiger partial charge in [0.1, 0.15) is 17.3 Å². The summed E-state index contributed by atoms with van der Waals surface area (Å²) < 4.78 is 43.4. The fourth-order valence-corrected chi connectivity index (χ4v) is 8.94. The maximum absolute atomic E-state index is 11.1. The number of rotatable bonds is 0. The Bertz CT molecular complexity index is 1020. The molecule has 2 unspecified atom stereocenters. The summed E-state index contributed by atoms with van der Waals surface area (Å²) in [7, 11) is -6.15. The second kappa shape index (κ2) is 15.3. The van der Waals surface area contributed by atoms with Crippen LogP contribution in [0.25, 0.3) is 0 Å². The Morgan fingerprint density at radius 2 is 1.21 bits per heavy atom. The highest BCUT2D eigenvalue weighted by Gasteiger charge is 2.45. The first-order valence-electron chi connectivity index (χ1n) is 12.2. The second-order valence-electron chi connectivity index (χ2n) is 12.3. The molecule has 2 atom stereocenters. The molecule has 4 N–H and O–H groups in total. The van der Waals surface area contributed by atoms with E-state index in [1.807, 2.05) is 11.8 Å². The maximum Gasteiger partial charge on any atom is 0.162 e. The SMILES string of the molecule is C.CC1(C)CC(=O)CS1.CC1(C)CC(=O)CS1(=O)=O.CC1(C)CC(O)CS1.CC1(C)CC(O)CS1(=O)=O.OO. The van der Waals surface area contributed by atoms with Crippen LogP contribution in [0, 0.1) is 0 Å². The zero-order valence-corrected chi connectivity index (χ0v) is 26.9. The first-order chi connectivity index (χ1) is 16.9. The van der Waals surface area contributed by atoms with Gasteiger partial charge in [-0.2, -0.15) is 11.8 Å². The molecule has 4 rings (SSSR count). The minimum absolute atomic E-state index is 0. The number of aliphatic hydroxyl groups excluding tert-OH is 2. The number of hydrogen-bond acceptors (Lipinski definition) is 12. The third-order valence-corrected chi connectivity index (χ3v) is 14.5. The summed E-state index contributed by atoms with van der Waals surface area (Å²) in [5, 5.41) is 30.1. The van der Waals surface area contributed by atoms with Crippen LogP contribution in [0.4, 0.5) is 0 Å². The molecule has 0 spiro atoms. The Hall–Kier alpha value is -0.220. The van der Waals surface area contributed by atoms with Gasteiger partial charge in [-0.05, 0) is 40.5 Å². The van der Waals surface area contributed by atoms with E-state index in [4.69, 9.17) is 20.7 Å². The predicted molar refractivity (Wildman–Crippen MR) is 161 cm³/mol. The molecule has 4 fully saturated rings. The number of carbonyl (C=O) groups is 2. The van der Waals surface area contributed by atoms with Crippen molar-refractivity contribution in [2.75, 3.05) is 23.0 Å². The summed E-state index contributed by atoms with van der Waals surface area (Å²) in [6, 6.07) is 0. The Balaban J connectivity index is 0. The molecule has 0 aromatic carbocycles. The van der Waals surface area contributed by atoms with Crippen molar-refractivity contribution in [1.29, 1.82) is 0 Å². The highest BCUT2D eigenvalue weighted by Crippen LogP contribution is 2.37. The van der Waals surface area contributed by atoms with Crippen molar-refractivity contribution < 1.29 is 47.2 Å². The first-order valence-corrected chi connectivity index (χ1v) is 17.5. The van der Waals surface area contributed by atoms with Gasteiger partial charge >= 0.3 is 0 Å². The number of hydrogen-bond donors (Lipinski definition) is 4. The van der Waals surface area contributed by atoms with Crippen molar-refractivity contribution in [3.63, 3.8) is 0 Å². The van der Waals surface area contributed by atoms with Crippen LogP contribution in [0.1, 0.15) is 88.5 Å². The average Bonchev–Trinajstić information content (AvgIpc) is 3.31. The van der Waals surface area contributed by atoms with Crippen LogP contribution >= 0.6 is 23.5 Å². The quantitative estimate of drug-likeness (QED) is 0.224. The van der Waals surface area contributed by atoms with Gasteiger partial charge in [-0.25, -0.2) is 16.8 Å². The molecular formula is C25H50O10S4. The van der Waals surface area contributed by atoms with E-state index in [2.05, 4.69) is 27.7 Å². The summed E-state index contributed by atoms with van der Waals surface area (Å²) in [4.78, 5) is 21.3. The van der Waals surface area contributed by atoms with Crippen LogP contribution in [0.15, 0.2) is 0 Å². The average molecular weight is 639 g/mol. The van der Waals surface area contributed by atoms with Crippen molar-refractivity contribution in [3.8, 4) is 0 Å². The largest absolute Gasteiger partial charge is 0.392 e. The molecule has 0 bridgehead atoms. The third kappa shape index (κ3) is 13.5. The van der Waals surface area contributed by atoms with Gasteiger partial charge in [-0.3, -0.25) is 20.1 Å². The second-order valence-corrected chi connectivity index (χ2v) is 21.0. The molecule has 0 saturated carbocycles. The number of aliphatic hydroxyl groups is 2. The molecule has 39 heavy (non-hydrogen) atoms. The van der Waals surface area contributed by atoms with E-state index >= 15 is 0 Å². The summed E-state index contributed by atoms with van der Waals surface area (Å²) in [6.45, 7) is 15.1. The van der Waals surface area contributed by atoms with Gasteiger partial charge in [0, 0.05) is 28.1 Å². The topological polar surface area (TPSA) is 183 Å². The molecule has 10 nitrogen and oxygen atoms in total. The lowest BCUT2D eigenvalue weighted by Crippen LogP contribution is -2.26. The number of sulfone groups is 2. The molecule has 14 heteroatoms. The number of ketones is 2. The summed E-state index contributed by atoms with van der Waals surface area (Å²) in [6.07, 6.45) is 1.56. The normalized spacial score (nSPS) is 29.5. The molecule has 234 valence electrons. The number of carbonyl (C=O) groups excluding carboxylic acids is 2. The van der Waals surface area contributed by atoms with Gasteiger partial charge in [-0.1, -0.05) is 35.1 Å². The maximum atomic E-state index is 11.1. The van der Waals surface area contributed by atoms with E-state index in [0.717, 1.165) is 24.3 Å². The van der Waals surface area contributed by atoms with Crippen LogP contribution in [-0.2, 0) is 29.3 Å². The van der Waals surface area contributed by atoms with Crippen molar-refractivity contribution in [1.82, 2.24) is 0 Å². The van der Waals surface area contributed by atoms with E-state index in [0.29, 0.717) is 17.0 Å². The zero-order chi connectivity index (χ0) is 30.4. The molecule has 4 heterocycles.